The fourth-order valence-corrected chi connectivity index (χ4v) is 1.54. The van der Waals surface area contributed by atoms with Gasteiger partial charge in [-0.05, 0) is 12.1 Å². The van der Waals surface area contributed by atoms with Crippen LogP contribution in [0.1, 0.15) is 5.56 Å². The van der Waals surface area contributed by atoms with Gasteiger partial charge in [0.2, 0.25) is 0 Å². The zero-order chi connectivity index (χ0) is 11.2. The SMILES string of the molecule is ClN=C(Nc1ccccc1)c1ccccc1. The number of anilines is 1. The van der Waals surface area contributed by atoms with Crippen LogP contribution in [0.3, 0.4) is 0 Å². The Morgan fingerprint density at radius 1 is 0.875 bits per heavy atom. The Balaban J connectivity index is 2.20. The topological polar surface area (TPSA) is 24.4 Å². The molecule has 2 rings (SSSR count). The Labute approximate surface area is 99.7 Å². The Morgan fingerprint density at radius 2 is 1.44 bits per heavy atom. The van der Waals surface area contributed by atoms with Crippen molar-refractivity contribution in [1.29, 1.82) is 0 Å². The molecular weight excluding hydrogens is 220 g/mol. The summed E-state index contributed by atoms with van der Waals surface area (Å²) in [7, 11) is 0. The van der Waals surface area contributed by atoms with Gasteiger partial charge in [-0.2, -0.15) is 4.51 Å². The summed E-state index contributed by atoms with van der Waals surface area (Å²) in [5, 5.41) is 3.16. The first-order valence-electron chi connectivity index (χ1n) is 4.96. The molecule has 0 fully saturated rings. The maximum Gasteiger partial charge on any atom is 0.152 e. The molecule has 0 saturated heterocycles. The number of hydrogen-bond donors (Lipinski definition) is 1. The van der Waals surface area contributed by atoms with Crippen molar-refractivity contribution in [1.82, 2.24) is 0 Å². The number of nitrogens with one attached hydrogen (secondary N) is 1. The van der Waals surface area contributed by atoms with E-state index in [1.807, 2.05) is 60.7 Å². The van der Waals surface area contributed by atoms with E-state index >= 15 is 0 Å². The van der Waals surface area contributed by atoms with Gasteiger partial charge in [-0.3, -0.25) is 0 Å². The number of rotatable bonds is 2. The third-order valence-electron chi connectivity index (χ3n) is 2.17. The molecule has 0 amide bonds. The van der Waals surface area contributed by atoms with Gasteiger partial charge in [0, 0.05) is 23.0 Å². The standard InChI is InChI=1S/C13H11ClN2/c14-16-13(11-7-3-1-4-8-11)15-12-9-5-2-6-10-12/h1-10H,(H,15,16). The Hall–Kier alpha value is -1.80. The molecule has 2 nitrogen and oxygen atoms in total. The van der Waals surface area contributed by atoms with Crippen LogP contribution in [0.25, 0.3) is 0 Å². The van der Waals surface area contributed by atoms with E-state index in [2.05, 4.69) is 9.83 Å². The summed E-state index contributed by atoms with van der Waals surface area (Å²) in [6.45, 7) is 0. The highest BCUT2D eigenvalue weighted by atomic mass is 35.5. The van der Waals surface area contributed by atoms with Crippen molar-refractivity contribution in [2.45, 2.75) is 0 Å². The van der Waals surface area contributed by atoms with Crippen molar-refractivity contribution in [3.8, 4) is 0 Å². The van der Waals surface area contributed by atoms with Gasteiger partial charge >= 0.3 is 0 Å². The molecule has 2 aromatic rings. The predicted molar refractivity (Wildman–Crippen MR) is 68.9 cm³/mol. The third-order valence-corrected chi connectivity index (χ3v) is 2.34. The van der Waals surface area contributed by atoms with Crippen LogP contribution in [-0.4, -0.2) is 5.84 Å². The molecule has 16 heavy (non-hydrogen) atoms. The van der Waals surface area contributed by atoms with Gasteiger partial charge in [-0.25, -0.2) is 0 Å². The Kier molecular flexibility index (Phi) is 3.57. The summed E-state index contributed by atoms with van der Waals surface area (Å²) < 4.78 is 3.73. The zero-order valence-electron chi connectivity index (χ0n) is 8.60. The fraction of sp³-hybridized carbons (Fsp3) is 0. The van der Waals surface area contributed by atoms with Gasteiger partial charge in [-0.1, -0.05) is 48.5 Å². The number of nitrogens with zero attached hydrogens (tertiary/aromatic N) is 1. The van der Waals surface area contributed by atoms with Gasteiger partial charge in [0.15, 0.2) is 5.84 Å². The summed E-state index contributed by atoms with van der Waals surface area (Å²) in [5.74, 6) is 0.647. The number of para-hydroxylation sites is 1. The van der Waals surface area contributed by atoms with Gasteiger partial charge in [0.25, 0.3) is 0 Å². The molecule has 80 valence electrons. The number of halogens is 1. The second-order valence-electron chi connectivity index (χ2n) is 3.29. The molecule has 0 spiro atoms. The highest BCUT2D eigenvalue weighted by Crippen LogP contribution is 2.09. The average molecular weight is 231 g/mol. The average Bonchev–Trinajstić information content (AvgIpc) is 2.38. The van der Waals surface area contributed by atoms with Crippen LogP contribution in [-0.2, 0) is 0 Å². The van der Waals surface area contributed by atoms with E-state index in [9.17, 15) is 0 Å². The minimum atomic E-state index is 0.647. The number of amidine groups is 1. The molecule has 2 aromatic carbocycles. The molecule has 0 heterocycles. The molecule has 0 aliphatic rings. The predicted octanol–water partition coefficient (Wildman–Crippen LogP) is 3.70. The molecule has 0 aliphatic heterocycles. The van der Waals surface area contributed by atoms with Crippen LogP contribution in [0.5, 0.6) is 0 Å². The van der Waals surface area contributed by atoms with Crippen molar-refractivity contribution in [3.05, 3.63) is 66.2 Å². The zero-order valence-corrected chi connectivity index (χ0v) is 9.35. The van der Waals surface area contributed by atoms with E-state index in [4.69, 9.17) is 11.8 Å². The molecule has 0 aromatic heterocycles. The third kappa shape index (κ3) is 2.61. The van der Waals surface area contributed by atoms with Crippen molar-refractivity contribution >= 4 is 23.3 Å². The first-order chi connectivity index (χ1) is 7.90. The summed E-state index contributed by atoms with van der Waals surface area (Å²) in [5.41, 5.74) is 1.92. The second-order valence-corrected chi connectivity index (χ2v) is 3.46. The van der Waals surface area contributed by atoms with Crippen LogP contribution in [0.4, 0.5) is 5.69 Å². The van der Waals surface area contributed by atoms with E-state index in [0.717, 1.165) is 11.3 Å². The summed E-state index contributed by atoms with van der Waals surface area (Å²) >= 11 is 5.58. The maximum atomic E-state index is 5.58. The molecule has 0 saturated carbocycles. The van der Waals surface area contributed by atoms with Gasteiger partial charge < -0.3 is 5.32 Å². The normalized spacial score (nSPS) is 11.2. The lowest BCUT2D eigenvalue weighted by molar-refractivity contribution is 1.56. The maximum absolute atomic E-state index is 5.58. The van der Waals surface area contributed by atoms with Crippen molar-refractivity contribution in [2.24, 2.45) is 4.51 Å². The van der Waals surface area contributed by atoms with Crippen LogP contribution in [0.15, 0.2) is 65.2 Å². The molecule has 0 radical (unpaired) electrons. The van der Waals surface area contributed by atoms with E-state index in [1.165, 1.54) is 0 Å². The van der Waals surface area contributed by atoms with E-state index in [-0.39, 0.29) is 0 Å². The van der Waals surface area contributed by atoms with Crippen LogP contribution < -0.4 is 5.32 Å². The first kappa shape index (κ1) is 10.7. The molecule has 3 heteroatoms. The lowest BCUT2D eigenvalue weighted by Gasteiger charge is -2.07. The second kappa shape index (κ2) is 5.33. The van der Waals surface area contributed by atoms with Crippen LogP contribution >= 0.6 is 11.8 Å². The van der Waals surface area contributed by atoms with Gasteiger partial charge in [-0.15, -0.1) is 0 Å². The van der Waals surface area contributed by atoms with E-state index in [1.54, 1.807) is 0 Å². The van der Waals surface area contributed by atoms with Crippen molar-refractivity contribution < 1.29 is 0 Å². The van der Waals surface area contributed by atoms with Crippen LogP contribution in [0.2, 0.25) is 0 Å². The van der Waals surface area contributed by atoms with Gasteiger partial charge in [0.05, 0.1) is 0 Å². The van der Waals surface area contributed by atoms with Crippen molar-refractivity contribution in [2.75, 3.05) is 5.32 Å². The molecule has 0 atom stereocenters. The summed E-state index contributed by atoms with van der Waals surface area (Å²) in [6.07, 6.45) is 0. The molecule has 1 N–H and O–H groups in total. The molecular formula is C13H11ClN2. The number of hydrogen-bond acceptors (Lipinski definition) is 1. The smallest absolute Gasteiger partial charge is 0.152 e. The summed E-state index contributed by atoms with van der Waals surface area (Å²) in [6, 6.07) is 19.6. The Morgan fingerprint density at radius 3 is 2.00 bits per heavy atom. The van der Waals surface area contributed by atoms with E-state index in [0.29, 0.717) is 5.84 Å². The first-order valence-corrected chi connectivity index (χ1v) is 5.30. The lowest BCUT2D eigenvalue weighted by atomic mass is 10.2. The van der Waals surface area contributed by atoms with E-state index < -0.39 is 0 Å². The largest absolute Gasteiger partial charge is 0.339 e. The lowest BCUT2D eigenvalue weighted by Crippen LogP contribution is -2.12. The quantitative estimate of drug-likeness (QED) is 0.618. The Bertz CT molecular complexity index is 466. The molecule has 0 unspecified atom stereocenters. The summed E-state index contributed by atoms with van der Waals surface area (Å²) in [4.78, 5) is 0. The van der Waals surface area contributed by atoms with Crippen LogP contribution in [0, 0.1) is 0 Å². The number of benzene rings is 2. The molecule has 0 bridgehead atoms. The minimum absolute atomic E-state index is 0.647. The van der Waals surface area contributed by atoms with Crippen molar-refractivity contribution in [3.63, 3.8) is 0 Å². The minimum Gasteiger partial charge on any atom is -0.339 e. The highest BCUT2D eigenvalue weighted by molar-refractivity contribution is 6.24. The van der Waals surface area contributed by atoms with Gasteiger partial charge in [0.1, 0.15) is 0 Å². The fourth-order valence-electron chi connectivity index (χ4n) is 1.40. The highest BCUT2D eigenvalue weighted by Gasteiger charge is 2.02. The molecule has 0 aliphatic carbocycles. The monoisotopic (exact) mass is 230 g/mol.